The van der Waals surface area contributed by atoms with Gasteiger partial charge in [0.25, 0.3) is 5.91 Å². The molecule has 3 nitrogen and oxygen atoms in total. The van der Waals surface area contributed by atoms with Crippen molar-refractivity contribution in [2.75, 3.05) is 32.7 Å². The zero-order valence-corrected chi connectivity index (χ0v) is 13.5. The van der Waals surface area contributed by atoms with Crippen molar-refractivity contribution in [3.63, 3.8) is 0 Å². The van der Waals surface area contributed by atoms with Gasteiger partial charge in [0.05, 0.1) is 0 Å². The summed E-state index contributed by atoms with van der Waals surface area (Å²) in [5, 5.41) is 0. The highest BCUT2D eigenvalue weighted by Gasteiger charge is 2.22. The minimum atomic E-state index is 0.188. The van der Waals surface area contributed by atoms with Crippen molar-refractivity contribution in [2.24, 2.45) is 5.92 Å². The Labute approximate surface area is 134 Å². The highest BCUT2D eigenvalue weighted by Crippen LogP contribution is 2.26. The summed E-state index contributed by atoms with van der Waals surface area (Å²) >= 11 is 0. The first-order valence-electron chi connectivity index (χ1n) is 8.89. The summed E-state index contributed by atoms with van der Waals surface area (Å²) in [6.07, 6.45) is 8.54. The first kappa shape index (κ1) is 15.5. The fraction of sp³-hybridized carbons (Fsp3) is 0.632. The molecule has 0 atom stereocenters. The second kappa shape index (κ2) is 7.77. The van der Waals surface area contributed by atoms with E-state index in [0.717, 1.165) is 37.7 Å². The fourth-order valence-electron chi connectivity index (χ4n) is 3.78. The normalized spacial score (nSPS) is 21.0. The maximum atomic E-state index is 12.4. The lowest BCUT2D eigenvalue weighted by atomic mass is 9.87. The zero-order valence-electron chi connectivity index (χ0n) is 13.5. The van der Waals surface area contributed by atoms with E-state index in [1.807, 2.05) is 35.2 Å². The van der Waals surface area contributed by atoms with E-state index in [4.69, 9.17) is 0 Å². The van der Waals surface area contributed by atoms with Crippen LogP contribution in [0.25, 0.3) is 0 Å². The number of piperazine rings is 1. The summed E-state index contributed by atoms with van der Waals surface area (Å²) in [4.78, 5) is 17.0. The van der Waals surface area contributed by atoms with E-state index in [0.29, 0.717) is 0 Å². The van der Waals surface area contributed by atoms with E-state index >= 15 is 0 Å². The Morgan fingerprint density at radius 1 is 0.955 bits per heavy atom. The number of hydrogen-bond donors (Lipinski definition) is 0. The van der Waals surface area contributed by atoms with Crippen molar-refractivity contribution in [1.29, 1.82) is 0 Å². The van der Waals surface area contributed by atoms with Crippen LogP contribution in [0.5, 0.6) is 0 Å². The molecule has 0 bridgehead atoms. The quantitative estimate of drug-likeness (QED) is 0.850. The largest absolute Gasteiger partial charge is 0.336 e. The van der Waals surface area contributed by atoms with Crippen LogP contribution in [0.2, 0.25) is 0 Å². The summed E-state index contributed by atoms with van der Waals surface area (Å²) in [6, 6.07) is 9.66. The van der Waals surface area contributed by atoms with E-state index in [-0.39, 0.29) is 5.91 Å². The third-order valence-corrected chi connectivity index (χ3v) is 5.26. The number of rotatable bonds is 4. The predicted octanol–water partition coefficient (Wildman–Crippen LogP) is 3.41. The van der Waals surface area contributed by atoms with E-state index in [2.05, 4.69) is 4.90 Å². The average Bonchev–Trinajstić information content (AvgIpc) is 2.61. The number of carbonyl (C=O) groups is 1. The van der Waals surface area contributed by atoms with E-state index in [1.54, 1.807) is 0 Å². The van der Waals surface area contributed by atoms with Crippen LogP contribution in [-0.4, -0.2) is 48.4 Å². The number of benzene rings is 1. The molecule has 1 heterocycles. The molecule has 1 aliphatic heterocycles. The van der Waals surface area contributed by atoms with Crippen LogP contribution in [0, 0.1) is 5.92 Å². The summed E-state index contributed by atoms with van der Waals surface area (Å²) in [6.45, 7) is 5.03. The van der Waals surface area contributed by atoms with Crippen molar-refractivity contribution >= 4 is 5.91 Å². The van der Waals surface area contributed by atoms with Gasteiger partial charge < -0.3 is 4.90 Å². The molecule has 1 aromatic carbocycles. The molecule has 0 unspecified atom stereocenters. The molecular formula is C19H28N2O. The number of hydrogen-bond acceptors (Lipinski definition) is 2. The van der Waals surface area contributed by atoms with Gasteiger partial charge in [0, 0.05) is 31.7 Å². The van der Waals surface area contributed by atoms with Crippen LogP contribution in [0.1, 0.15) is 48.9 Å². The molecule has 22 heavy (non-hydrogen) atoms. The Balaban J connectivity index is 1.41. The average molecular weight is 300 g/mol. The lowest BCUT2D eigenvalue weighted by Crippen LogP contribution is -2.49. The predicted molar refractivity (Wildman–Crippen MR) is 90.0 cm³/mol. The molecule has 0 aromatic heterocycles. The molecule has 3 rings (SSSR count). The van der Waals surface area contributed by atoms with Crippen LogP contribution >= 0.6 is 0 Å². The zero-order chi connectivity index (χ0) is 15.2. The molecule has 1 saturated carbocycles. The summed E-state index contributed by atoms with van der Waals surface area (Å²) < 4.78 is 0. The van der Waals surface area contributed by atoms with Crippen molar-refractivity contribution in [3.05, 3.63) is 35.9 Å². The van der Waals surface area contributed by atoms with Gasteiger partial charge in [0.1, 0.15) is 0 Å². The van der Waals surface area contributed by atoms with Gasteiger partial charge in [-0.3, -0.25) is 9.69 Å². The fourth-order valence-corrected chi connectivity index (χ4v) is 3.78. The third-order valence-electron chi connectivity index (χ3n) is 5.26. The molecular weight excluding hydrogens is 272 g/mol. The Morgan fingerprint density at radius 3 is 2.32 bits per heavy atom. The summed E-state index contributed by atoms with van der Waals surface area (Å²) in [7, 11) is 0. The molecule has 2 fully saturated rings. The molecule has 2 aliphatic rings. The Morgan fingerprint density at radius 2 is 1.64 bits per heavy atom. The second-order valence-corrected chi connectivity index (χ2v) is 6.79. The third kappa shape index (κ3) is 4.10. The molecule has 0 spiro atoms. The van der Waals surface area contributed by atoms with Gasteiger partial charge in [-0.2, -0.15) is 0 Å². The molecule has 1 amide bonds. The van der Waals surface area contributed by atoms with Gasteiger partial charge in [0.2, 0.25) is 0 Å². The minimum absolute atomic E-state index is 0.188. The van der Waals surface area contributed by atoms with E-state index < -0.39 is 0 Å². The number of amides is 1. The summed E-state index contributed by atoms with van der Waals surface area (Å²) in [5.74, 6) is 1.14. The minimum Gasteiger partial charge on any atom is -0.336 e. The van der Waals surface area contributed by atoms with Gasteiger partial charge in [-0.05, 0) is 31.0 Å². The topological polar surface area (TPSA) is 23.6 Å². The monoisotopic (exact) mass is 300 g/mol. The van der Waals surface area contributed by atoms with Gasteiger partial charge in [-0.15, -0.1) is 0 Å². The van der Waals surface area contributed by atoms with E-state index in [1.165, 1.54) is 45.1 Å². The van der Waals surface area contributed by atoms with Crippen LogP contribution in [0.15, 0.2) is 30.3 Å². The van der Waals surface area contributed by atoms with Crippen molar-refractivity contribution in [1.82, 2.24) is 9.80 Å². The standard InChI is InChI=1S/C19H28N2O/c22-19(18-9-5-2-6-10-18)21-15-13-20(14-16-21)12-11-17-7-3-1-4-8-17/h2,5-6,9-10,17H,1,3-4,7-8,11-16H2. The van der Waals surface area contributed by atoms with Crippen molar-refractivity contribution in [3.8, 4) is 0 Å². The van der Waals surface area contributed by atoms with Gasteiger partial charge >= 0.3 is 0 Å². The lowest BCUT2D eigenvalue weighted by Gasteiger charge is -2.35. The second-order valence-electron chi connectivity index (χ2n) is 6.79. The SMILES string of the molecule is O=C(c1ccccc1)N1CCN(CCC2CCCCC2)CC1. The smallest absolute Gasteiger partial charge is 0.253 e. The molecule has 120 valence electrons. The number of carbonyl (C=O) groups excluding carboxylic acids is 1. The van der Waals surface area contributed by atoms with Crippen LogP contribution in [0.4, 0.5) is 0 Å². The molecule has 0 N–H and O–H groups in total. The maximum absolute atomic E-state index is 12.4. The maximum Gasteiger partial charge on any atom is 0.253 e. The van der Waals surface area contributed by atoms with E-state index in [9.17, 15) is 4.79 Å². The first-order chi connectivity index (χ1) is 10.8. The molecule has 1 aliphatic carbocycles. The molecule has 0 radical (unpaired) electrons. The first-order valence-corrected chi connectivity index (χ1v) is 8.89. The molecule has 1 saturated heterocycles. The van der Waals surface area contributed by atoms with Crippen LogP contribution < -0.4 is 0 Å². The van der Waals surface area contributed by atoms with Crippen molar-refractivity contribution < 1.29 is 4.79 Å². The van der Waals surface area contributed by atoms with Gasteiger partial charge in [-0.1, -0.05) is 50.3 Å². The highest BCUT2D eigenvalue weighted by molar-refractivity contribution is 5.94. The van der Waals surface area contributed by atoms with Gasteiger partial charge in [-0.25, -0.2) is 0 Å². The van der Waals surface area contributed by atoms with Crippen molar-refractivity contribution in [2.45, 2.75) is 38.5 Å². The molecule has 3 heteroatoms. The van der Waals surface area contributed by atoms with Crippen LogP contribution in [-0.2, 0) is 0 Å². The number of nitrogens with zero attached hydrogens (tertiary/aromatic N) is 2. The Kier molecular flexibility index (Phi) is 5.49. The summed E-state index contributed by atoms with van der Waals surface area (Å²) in [5.41, 5.74) is 0.818. The lowest BCUT2D eigenvalue weighted by molar-refractivity contribution is 0.0627. The van der Waals surface area contributed by atoms with Crippen LogP contribution in [0.3, 0.4) is 0 Å². The molecule has 1 aromatic rings. The highest BCUT2D eigenvalue weighted by atomic mass is 16.2. The Hall–Kier alpha value is -1.35. The Bertz CT molecular complexity index is 460. The van der Waals surface area contributed by atoms with Gasteiger partial charge in [0.15, 0.2) is 0 Å².